The van der Waals surface area contributed by atoms with Crippen LogP contribution in [0.1, 0.15) is 82.9 Å². The molecule has 0 bridgehead atoms. The standard InChI is InChI=1S/C17H28S/c1-8-18-17-15(12(4)5)9-14(11(2)3)10-16(17)13(6)7/h9-13H,8H2,1-7H3. The summed E-state index contributed by atoms with van der Waals surface area (Å²) in [5.41, 5.74) is 4.57. The van der Waals surface area contributed by atoms with Crippen molar-refractivity contribution in [2.45, 2.75) is 71.1 Å². The summed E-state index contributed by atoms with van der Waals surface area (Å²) in [5.74, 6) is 2.98. The highest BCUT2D eigenvalue weighted by Crippen LogP contribution is 2.37. The van der Waals surface area contributed by atoms with Crippen LogP contribution in [0.3, 0.4) is 0 Å². The molecule has 0 radical (unpaired) electrons. The molecule has 0 atom stereocenters. The van der Waals surface area contributed by atoms with Crippen LogP contribution in [0, 0.1) is 0 Å². The van der Waals surface area contributed by atoms with Gasteiger partial charge in [0.2, 0.25) is 0 Å². The third kappa shape index (κ3) is 3.54. The Morgan fingerprint density at radius 1 is 0.833 bits per heavy atom. The Kier molecular flexibility index (Phi) is 5.78. The summed E-state index contributed by atoms with van der Waals surface area (Å²) in [6.45, 7) is 16.1. The summed E-state index contributed by atoms with van der Waals surface area (Å²) in [6, 6.07) is 4.86. The first-order valence-corrected chi connectivity index (χ1v) is 8.17. The fraction of sp³-hybridized carbons (Fsp3) is 0.647. The second kappa shape index (κ2) is 6.65. The van der Waals surface area contributed by atoms with Crippen molar-refractivity contribution in [1.29, 1.82) is 0 Å². The number of rotatable bonds is 5. The van der Waals surface area contributed by atoms with Gasteiger partial charge in [0, 0.05) is 4.90 Å². The normalized spacial score (nSPS) is 11.9. The molecule has 18 heavy (non-hydrogen) atoms. The molecule has 0 spiro atoms. The second-order valence-corrected chi connectivity index (χ2v) is 7.20. The topological polar surface area (TPSA) is 0 Å². The third-order valence-corrected chi connectivity index (χ3v) is 4.42. The molecule has 0 aliphatic rings. The lowest BCUT2D eigenvalue weighted by atomic mass is 9.89. The van der Waals surface area contributed by atoms with Gasteiger partial charge in [-0.05, 0) is 40.2 Å². The molecule has 0 saturated heterocycles. The van der Waals surface area contributed by atoms with Crippen LogP contribution in [0.25, 0.3) is 0 Å². The maximum absolute atomic E-state index is 2.43. The van der Waals surface area contributed by atoms with E-state index in [2.05, 4.69) is 60.6 Å². The molecule has 0 nitrogen and oxygen atoms in total. The molecule has 0 aliphatic heterocycles. The molecule has 102 valence electrons. The minimum atomic E-state index is 0.607. The summed E-state index contributed by atoms with van der Waals surface area (Å²) >= 11 is 2.01. The highest BCUT2D eigenvalue weighted by molar-refractivity contribution is 7.99. The van der Waals surface area contributed by atoms with Crippen molar-refractivity contribution in [2.24, 2.45) is 0 Å². The van der Waals surface area contributed by atoms with Crippen LogP contribution in [-0.2, 0) is 0 Å². The minimum absolute atomic E-state index is 0.607. The van der Waals surface area contributed by atoms with Crippen molar-refractivity contribution in [2.75, 3.05) is 5.75 Å². The van der Waals surface area contributed by atoms with E-state index in [1.54, 1.807) is 0 Å². The average Bonchev–Trinajstić information content (AvgIpc) is 2.28. The van der Waals surface area contributed by atoms with Crippen LogP contribution in [0.5, 0.6) is 0 Å². The predicted molar refractivity (Wildman–Crippen MR) is 85.1 cm³/mol. The first kappa shape index (κ1) is 15.6. The van der Waals surface area contributed by atoms with Crippen molar-refractivity contribution >= 4 is 11.8 Å². The molecule has 1 rings (SSSR count). The van der Waals surface area contributed by atoms with E-state index in [9.17, 15) is 0 Å². The number of thioether (sulfide) groups is 1. The molecule has 0 unspecified atom stereocenters. The Morgan fingerprint density at radius 2 is 1.28 bits per heavy atom. The smallest absolute Gasteiger partial charge is 0.0141 e. The van der Waals surface area contributed by atoms with Gasteiger partial charge in [-0.2, -0.15) is 0 Å². The van der Waals surface area contributed by atoms with Crippen LogP contribution < -0.4 is 0 Å². The Bertz CT molecular complexity index is 360. The Morgan fingerprint density at radius 3 is 1.56 bits per heavy atom. The van der Waals surface area contributed by atoms with Crippen LogP contribution in [0.2, 0.25) is 0 Å². The summed E-state index contributed by atoms with van der Waals surface area (Å²) in [5, 5.41) is 0. The number of hydrogen-bond acceptors (Lipinski definition) is 1. The molecule has 0 amide bonds. The molecule has 0 N–H and O–H groups in total. The summed E-state index contributed by atoms with van der Waals surface area (Å²) < 4.78 is 0. The van der Waals surface area contributed by atoms with Gasteiger partial charge in [0.05, 0.1) is 0 Å². The molecule has 0 aromatic heterocycles. The first-order valence-electron chi connectivity index (χ1n) is 7.18. The van der Waals surface area contributed by atoms with Gasteiger partial charge in [-0.25, -0.2) is 0 Å². The lowest BCUT2D eigenvalue weighted by Gasteiger charge is -2.22. The van der Waals surface area contributed by atoms with E-state index in [-0.39, 0.29) is 0 Å². The van der Waals surface area contributed by atoms with Gasteiger partial charge < -0.3 is 0 Å². The van der Waals surface area contributed by atoms with Crippen molar-refractivity contribution in [3.63, 3.8) is 0 Å². The summed E-state index contributed by atoms with van der Waals surface area (Å²) in [6.07, 6.45) is 0. The molecule has 0 aliphatic carbocycles. The van der Waals surface area contributed by atoms with E-state index < -0.39 is 0 Å². The Balaban J connectivity index is 3.44. The monoisotopic (exact) mass is 264 g/mol. The molecular formula is C17H28S. The van der Waals surface area contributed by atoms with Gasteiger partial charge >= 0.3 is 0 Å². The van der Waals surface area contributed by atoms with Gasteiger partial charge in [0.1, 0.15) is 0 Å². The van der Waals surface area contributed by atoms with E-state index >= 15 is 0 Å². The van der Waals surface area contributed by atoms with Crippen LogP contribution in [0.4, 0.5) is 0 Å². The van der Waals surface area contributed by atoms with Gasteiger partial charge in [-0.15, -0.1) is 11.8 Å². The van der Waals surface area contributed by atoms with Gasteiger partial charge in [-0.1, -0.05) is 60.6 Å². The lowest BCUT2D eigenvalue weighted by molar-refractivity contribution is 0.772. The summed E-state index contributed by atoms with van der Waals surface area (Å²) in [7, 11) is 0. The van der Waals surface area contributed by atoms with Crippen LogP contribution in [-0.4, -0.2) is 5.75 Å². The SMILES string of the molecule is CCSc1c(C(C)C)cc(C(C)C)cc1C(C)C. The van der Waals surface area contributed by atoms with Crippen molar-refractivity contribution in [3.05, 3.63) is 28.8 Å². The molecule has 1 heteroatoms. The number of hydrogen-bond donors (Lipinski definition) is 0. The van der Waals surface area contributed by atoms with Crippen molar-refractivity contribution in [3.8, 4) is 0 Å². The molecular weight excluding hydrogens is 236 g/mol. The zero-order valence-electron chi connectivity index (χ0n) is 13.0. The van der Waals surface area contributed by atoms with Crippen molar-refractivity contribution < 1.29 is 0 Å². The van der Waals surface area contributed by atoms with Gasteiger partial charge in [-0.3, -0.25) is 0 Å². The van der Waals surface area contributed by atoms with Crippen LogP contribution >= 0.6 is 11.8 Å². The molecule has 0 heterocycles. The fourth-order valence-corrected chi connectivity index (χ4v) is 3.41. The Labute approximate surface area is 118 Å². The Hall–Kier alpha value is -0.430. The zero-order chi connectivity index (χ0) is 13.9. The fourth-order valence-electron chi connectivity index (χ4n) is 2.20. The minimum Gasteiger partial charge on any atom is -0.126 e. The zero-order valence-corrected chi connectivity index (χ0v) is 13.8. The quantitative estimate of drug-likeness (QED) is 0.573. The highest BCUT2D eigenvalue weighted by Gasteiger charge is 2.16. The largest absolute Gasteiger partial charge is 0.126 e. The van der Waals surface area contributed by atoms with E-state index in [0.717, 1.165) is 5.75 Å². The van der Waals surface area contributed by atoms with E-state index in [4.69, 9.17) is 0 Å². The molecule has 1 aromatic rings. The molecule has 0 fully saturated rings. The summed E-state index contributed by atoms with van der Waals surface area (Å²) in [4.78, 5) is 1.53. The molecule has 1 aromatic carbocycles. The maximum Gasteiger partial charge on any atom is 0.0141 e. The first-order chi connectivity index (χ1) is 8.38. The maximum atomic E-state index is 2.43. The second-order valence-electron chi connectivity index (χ2n) is 5.93. The van der Waals surface area contributed by atoms with E-state index in [1.165, 1.54) is 21.6 Å². The van der Waals surface area contributed by atoms with E-state index in [0.29, 0.717) is 17.8 Å². The van der Waals surface area contributed by atoms with Crippen LogP contribution in [0.15, 0.2) is 17.0 Å². The third-order valence-electron chi connectivity index (χ3n) is 3.37. The van der Waals surface area contributed by atoms with E-state index in [1.807, 2.05) is 11.8 Å². The van der Waals surface area contributed by atoms with Gasteiger partial charge in [0.25, 0.3) is 0 Å². The van der Waals surface area contributed by atoms with Gasteiger partial charge in [0.15, 0.2) is 0 Å². The molecule has 0 saturated carbocycles. The average molecular weight is 264 g/mol. The predicted octanol–water partition coefficient (Wildman–Crippen LogP) is 6.17. The van der Waals surface area contributed by atoms with Crippen molar-refractivity contribution in [1.82, 2.24) is 0 Å². The lowest BCUT2D eigenvalue weighted by Crippen LogP contribution is -2.02. The number of benzene rings is 1. The highest BCUT2D eigenvalue weighted by atomic mass is 32.2.